The minimum absolute atomic E-state index is 0.163. The Labute approximate surface area is 114 Å². The standard InChI is InChI=1S/C15H20N4/c1-3-17-14(13-9-11(2)6-8-18-13)10-12-5-4-7-19-15(12)16/h4-9,14,17H,3,10H2,1-2H3,(H2,16,19). The van der Waals surface area contributed by atoms with E-state index in [0.717, 1.165) is 24.2 Å². The van der Waals surface area contributed by atoms with Gasteiger partial charge < -0.3 is 11.1 Å². The van der Waals surface area contributed by atoms with Crippen LogP contribution >= 0.6 is 0 Å². The number of anilines is 1. The Hall–Kier alpha value is -1.94. The first-order valence-corrected chi connectivity index (χ1v) is 6.56. The highest BCUT2D eigenvalue weighted by atomic mass is 14.9. The summed E-state index contributed by atoms with van der Waals surface area (Å²) in [6.45, 7) is 5.06. The van der Waals surface area contributed by atoms with Crippen LogP contribution in [0.25, 0.3) is 0 Å². The van der Waals surface area contributed by atoms with Crippen molar-refractivity contribution in [2.24, 2.45) is 0 Å². The molecule has 2 aromatic rings. The molecule has 0 aromatic carbocycles. The second-order valence-electron chi connectivity index (χ2n) is 4.62. The summed E-state index contributed by atoms with van der Waals surface area (Å²) in [5.41, 5.74) is 9.23. The van der Waals surface area contributed by atoms with Crippen molar-refractivity contribution >= 4 is 5.82 Å². The first-order valence-electron chi connectivity index (χ1n) is 6.56. The van der Waals surface area contributed by atoms with Gasteiger partial charge in [0.25, 0.3) is 0 Å². The molecule has 0 aliphatic heterocycles. The summed E-state index contributed by atoms with van der Waals surface area (Å²) in [5, 5.41) is 3.46. The quantitative estimate of drug-likeness (QED) is 0.861. The smallest absolute Gasteiger partial charge is 0.126 e. The van der Waals surface area contributed by atoms with Gasteiger partial charge in [0.2, 0.25) is 0 Å². The van der Waals surface area contributed by atoms with Crippen LogP contribution in [0.3, 0.4) is 0 Å². The lowest BCUT2D eigenvalue weighted by molar-refractivity contribution is 0.536. The van der Waals surface area contributed by atoms with E-state index in [-0.39, 0.29) is 6.04 Å². The number of nitrogens with two attached hydrogens (primary N) is 1. The van der Waals surface area contributed by atoms with Crippen molar-refractivity contribution in [3.8, 4) is 0 Å². The van der Waals surface area contributed by atoms with Crippen LogP contribution in [0.15, 0.2) is 36.7 Å². The Morgan fingerprint density at radius 3 is 2.79 bits per heavy atom. The maximum atomic E-state index is 5.91. The zero-order valence-electron chi connectivity index (χ0n) is 11.4. The van der Waals surface area contributed by atoms with Crippen LogP contribution in [0.5, 0.6) is 0 Å². The summed E-state index contributed by atoms with van der Waals surface area (Å²) < 4.78 is 0. The summed E-state index contributed by atoms with van der Waals surface area (Å²) in [6.07, 6.45) is 4.36. The van der Waals surface area contributed by atoms with Gasteiger partial charge in [0.1, 0.15) is 5.82 Å². The van der Waals surface area contributed by atoms with Crippen LogP contribution in [0.2, 0.25) is 0 Å². The maximum Gasteiger partial charge on any atom is 0.126 e. The Kier molecular flexibility index (Phi) is 4.47. The number of likely N-dealkylation sites (N-methyl/N-ethyl adjacent to an activating group) is 1. The molecule has 0 fully saturated rings. The molecule has 2 heterocycles. The molecule has 2 aromatic heterocycles. The fourth-order valence-electron chi connectivity index (χ4n) is 2.12. The summed E-state index contributed by atoms with van der Waals surface area (Å²) in [5.74, 6) is 0.595. The maximum absolute atomic E-state index is 5.91. The SMILES string of the molecule is CCNC(Cc1cccnc1N)c1cc(C)ccn1. The third kappa shape index (κ3) is 3.51. The first-order chi connectivity index (χ1) is 9.20. The molecule has 0 aliphatic rings. The third-order valence-electron chi connectivity index (χ3n) is 3.09. The van der Waals surface area contributed by atoms with Crippen LogP contribution in [-0.4, -0.2) is 16.5 Å². The van der Waals surface area contributed by atoms with E-state index < -0.39 is 0 Å². The average Bonchev–Trinajstić information content (AvgIpc) is 2.40. The second-order valence-corrected chi connectivity index (χ2v) is 4.62. The fourth-order valence-corrected chi connectivity index (χ4v) is 2.12. The van der Waals surface area contributed by atoms with Gasteiger partial charge in [0.05, 0.1) is 11.7 Å². The van der Waals surface area contributed by atoms with Gasteiger partial charge in [-0.15, -0.1) is 0 Å². The van der Waals surface area contributed by atoms with Crippen molar-refractivity contribution in [1.29, 1.82) is 0 Å². The number of aryl methyl sites for hydroxylation is 1. The number of nitrogen functional groups attached to an aromatic ring is 1. The van der Waals surface area contributed by atoms with E-state index in [1.165, 1.54) is 5.56 Å². The van der Waals surface area contributed by atoms with Crippen LogP contribution < -0.4 is 11.1 Å². The molecule has 0 saturated heterocycles. The number of aromatic nitrogens is 2. The van der Waals surface area contributed by atoms with Gasteiger partial charge in [-0.3, -0.25) is 4.98 Å². The van der Waals surface area contributed by atoms with E-state index in [2.05, 4.69) is 35.2 Å². The van der Waals surface area contributed by atoms with Gasteiger partial charge in [-0.1, -0.05) is 13.0 Å². The molecule has 4 nitrogen and oxygen atoms in total. The molecule has 19 heavy (non-hydrogen) atoms. The number of hydrogen-bond donors (Lipinski definition) is 2. The zero-order chi connectivity index (χ0) is 13.7. The van der Waals surface area contributed by atoms with E-state index in [1.807, 2.05) is 24.4 Å². The molecule has 2 rings (SSSR count). The van der Waals surface area contributed by atoms with Crippen LogP contribution in [0.1, 0.15) is 29.8 Å². The van der Waals surface area contributed by atoms with E-state index >= 15 is 0 Å². The first kappa shape index (κ1) is 13.5. The van der Waals surface area contributed by atoms with Crippen molar-refractivity contribution in [3.63, 3.8) is 0 Å². The second kappa shape index (κ2) is 6.29. The lowest BCUT2D eigenvalue weighted by Crippen LogP contribution is -2.24. The van der Waals surface area contributed by atoms with Crippen molar-refractivity contribution in [1.82, 2.24) is 15.3 Å². The largest absolute Gasteiger partial charge is 0.383 e. The highest BCUT2D eigenvalue weighted by molar-refractivity contribution is 5.39. The van der Waals surface area contributed by atoms with Crippen molar-refractivity contribution < 1.29 is 0 Å². The van der Waals surface area contributed by atoms with Crippen LogP contribution in [0.4, 0.5) is 5.82 Å². The molecule has 1 atom stereocenters. The molecular weight excluding hydrogens is 236 g/mol. The molecule has 0 spiro atoms. The molecule has 4 heteroatoms. The predicted molar refractivity (Wildman–Crippen MR) is 77.7 cm³/mol. The van der Waals surface area contributed by atoms with E-state index in [9.17, 15) is 0 Å². The van der Waals surface area contributed by atoms with Crippen molar-refractivity contribution in [3.05, 3.63) is 53.5 Å². The molecule has 0 radical (unpaired) electrons. The normalized spacial score (nSPS) is 12.3. The zero-order valence-corrected chi connectivity index (χ0v) is 11.4. The summed E-state index contributed by atoms with van der Waals surface area (Å²) >= 11 is 0. The molecule has 0 saturated carbocycles. The van der Waals surface area contributed by atoms with Gasteiger partial charge in [-0.25, -0.2) is 4.98 Å². The van der Waals surface area contributed by atoms with Crippen molar-refractivity contribution in [2.45, 2.75) is 26.3 Å². The number of hydrogen-bond acceptors (Lipinski definition) is 4. The Balaban J connectivity index is 2.24. The minimum Gasteiger partial charge on any atom is -0.383 e. The molecule has 0 aliphatic carbocycles. The van der Waals surface area contributed by atoms with E-state index in [4.69, 9.17) is 5.73 Å². The highest BCUT2D eigenvalue weighted by Crippen LogP contribution is 2.19. The fraction of sp³-hybridized carbons (Fsp3) is 0.333. The van der Waals surface area contributed by atoms with Gasteiger partial charge in [-0.05, 0) is 49.2 Å². The minimum atomic E-state index is 0.163. The van der Waals surface area contributed by atoms with Gasteiger partial charge in [-0.2, -0.15) is 0 Å². The van der Waals surface area contributed by atoms with E-state index in [1.54, 1.807) is 6.20 Å². The Bertz CT molecular complexity index is 539. The van der Waals surface area contributed by atoms with Gasteiger partial charge >= 0.3 is 0 Å². The van der Waals surface area contributed by atoms with Gasteiger partial charge in [0.15, 0.2) is 0 Å². The molecule has 0 bridgehead atoms. The van der Waals surface area contributed by atoms with Gasteiger partial charge in [0, 0.05) is 12.4 Å². The lowest BCUT2D eigenvalue weighted by Gasteiger charge is -2.18. The summed E-state index contributed by atoms with van der Waals surface area (Å²) in [7, 11) is 0. The highest BCUT2D eigenvalue weighted by Gasteiger charge is 2.14. The van der Waals surface area contributed by atoms with Crippen LogP contribution in [0, 0.1) is 6.92 Å². The average molecular weight is 256 g/mol. The Morgan fingerprint density at radius 1 is 1.26 bits per heavy atom. The van der Waals surface area contributed by atoms with E-state index in [0.29, 0.717) is 5.82 Å². The predicted octanol–water partition coefficient (Wildman–Crippen LogP) is 2.26. The molecule has 3 N–H and O–H groups in total. The monoisotopic (exact) mass is 256 g/mol. The topological polar surface area (TPSA) is 63.8 Å². The number of nitrogens with one attached hydrogen (secondary N) is 1. The number of nitrogens with zero attached hydrogens (tertiary/aromatic N) is 2. The molecule has 1 unspecified atom stereocenters. The lowest BCUT2D eigenvalue weighted by atomic mass is 10.0. The summed E-state index contributed by atoms with van der Waals surface area (Å²) in [6, 6.07) is 8.21. The van der Waals surface area contributed by atoms with Crippen LogP contribution in [-0.2, 0) is 6.42 Å². The Morgan fingerprint density at radius 2 is 2.11 bits per heavy atom. The molecule has 0 amide bonds. The van der Waals surface area contributed by atoms with Crippen molar-refractivity contribution in [2.75, 3.05) is 12.3 Å². The molecule has 100 valence electrons. The number of pyridine rings is 2. The number of rotatable bonds is 5. The summed E-state index contributed by atoms with van der Waals surface area (Å²) in [4.78, 5) is 8.59. The third-order valence-corrected chi connectivity index (χ3v) is 3.09. The molecular formula is C15H20N4.